The largest absolute Gasteiger partial charge is 0.369 e. The van der Waals surface area contributed by atoms with Gasteiger partial charge in [0, 0.05) is 17.6 Å². The third-order valence-corrected chi connectivity index (χ3v) is 7.85. The summed E-state index contributed by atoms with van der Waals surface area (Å²) in [5, 5.41) is 5.77. The first-order chi connectivity index (χ1) is 15.0. The zero-order valence-corrected chi connectivity index (χ0v) is 21.2. The van der Waals surface area contributed by atoms with E-state index >= 15 is 0 Å². The minimum Gasteiger partial charge on any atom is -0.369 e. The van der Waals surface area contributed by atoms with Gasteiger partial charge in [-0.1, -0.05) is 39.5 Å². The van der Waals surface area contributed by atoms with Crippen molar-refractivity contribution in [3.05, 3.63) is 16.8 Å². The Morgan fingerprint density at radius 3 is 2.58 bits per heavy atom. The van der Waals surface area contributed by atoms with E-state index in [-0.39, 0.29) is 0 Å². The molecule has 0 atom stereocenters. The summed E-state index contributed by atoms with van der Waals surface area (Å²) >= 11 is 3.39. The minimum absolute atomic E-state index is 0.620. The molecule has 0 fully saturated rings. The van der Waals surface area contributed by atoms with Gasteiger partial charge in [0.2, 0.25) is 0 Å². The summed E-state index contributed by atoms with van der Waals surface area (Å²) in [5.41, 5.74) is 5.42. The van der Waals surface area contributed by atoms with Gasteiger partial charge in [0.25, 0.3) is 0 Å². The zero-order valence-electron chi connectivity index (χ0n) is 19.5. The van der Waals surface area contributed by atoms with Crippen LogP contribution in [0.1, 0.15) is 57.4 Å². The standard InChI is InChI=1S/C24H35N5S2/c1-6-29(7-2)13-9-12-25-22-21-20(27-24(28-22)30-5)19-17-11-8-10-16(17)18(14-15(3)4)26-23(19)31-21/h15H,6-14H2,1-5H3,(H,25,27,28). The van der Waals surface area contributed by atoms with Crippen LogP contribution < -0.4 is 5.32 Å². The van der Waals surface area contributed by atoms with E-state index < -0.39 is 0 Å². The Bertz CT molecular complexity index is 1060. The molecule has 3 aromatic rings. The molecule has 1 aliphatic carbocycles. The summed E-state index contributed by atoms with van der Waals surface area (Å²) in [6.45, 7) is 13.3. The molecule has 0 aromatic carbocycles. The third kappa shape index (κ3) is 4.69. The quantitative estimate of drug-likeness (QED) is 0.236. The monoisotopic (exact) mass is 457 g/mol. The molecule has 0 aliphatic heterocycles. The summed E-state index contributed by atoms with van der Waals surface area (Å²) in [4.78, 5) is 18.6. The van der Waals surface area contributed by atoms with Crippen LogP contribution in [0.5, 0.6) is 0 Å². The highest BCUT2D eigenvalue weighted by Gasteiger charge is 2.25. The average molecular weight is 458 g/mol. The molecule has 7 heteroatoms. The second-order valence-electron chi connectivity index (χ2n) is 8.79. The Labute approximate surface area is 194 Å². The summed E-state index contributed by atoms with van der Waals surface area (Å²) in [6.07, 6.45) is 7.77. The fourth-order valence-corrected chi connectivity index (χ4v) is 6.13. The van der Waals surface area contributed by atoms with Crippen molar-refractivity contribution in [2.45, 2.75) is 65.0 Å². The number of hydrogen-bond donors (Lipinski definition) is 1. The maximum atomic E-state index is 5.17. The molecule has 0 bridgehead atoms. The van der Waals surface area contributed by atoms with Gasteiger partial charge in [-0.15, -0.1) is 11.3 Å². The van der Waals surface area contributed by atoms with Crippen LogP contribution in [-0.4, -0.2) is 52.3 Å². The highest BCUT2D eigenvalue weighted by molar-refractivity contribution is 7.98. The lowest BCUT2D eigenvalue weighted by Crippen LogP contribution is -2.25. The van der Waals surface area contributed by atoms with Crippen molar-refractivity contribution in [2.24, 2.45) is 5.92 Å². The molecule has 4 rings (SSSR count). The summed E-state index contributed by atoms with van der Waals surface area (Å²) < 4.78 is 1.17. The van der Waals surface area contributed by atoms with Crippen molar-refractivity contribution in [1.82, 2.24) is 19.9 Å². The molecule has 0 radical (unpaired) electrons. The number of rotatable bonds is 10. The van der Waals surface area contributed by atoms with Gasteiger partial charge >= 0.3 is 0 Å². The van der Waals surface area contributed by atoms with Gasteiger partial charge in [-0.25, -0.2) is 15.0 Å². The molecule has 0 spiro atoms. The average Bonchev–Trinajstić information content (AvgIpc) is 3.37. The number of hydrogen-bond acceptors (Lipinski definition) is 7. The first-order valence-electron chi connectivity index (χ1n) is 11.7. The van der Waals surface area contributed by atoms with Gasteiger partial charge in [0.15, 0.2) is 5.16 Å². The molecule has 0 saturated heterocycles. The van der Waals surface area contributed by atoms with E-state index in [2.05, 4.69) is 44.2 Å². The second kappa shape index (κ2) is 10.0. The number of thiophene rings is 1. The molecule has 3 heterocycles. The normalized spacial score (nSPS) is 13.8. The number of pyridine rings is 1. The van der Waals surface area contributed by atoms with Gasteiger partial charge in [-0.3, -0.25) is 0 Å². The first-order valence-corrected chi connectivity index (χ1v) is 13.7. The van der Waals surface area contributed by atoms with Crippen LogP contribution in [-0.2, 0) is 19.3 Å². The molecule has 0 amide bonds. The highest BCUT2D eigenvalue weighted by Crippen LogP contribution is 2.42. The van der Waals surface area contributed by atoms with E-state index in [0.717, 1.165) is 73.2 Å². The molecule has 1 aliphatic rings. The smallest absolute Gasteiger partial charge is 0.189 e. The van der Waals surface area contributed by atoms with Gasteiger partial charge in [0.05, 0.1) is 10.2 Å². The summed E-state index contributed by atoms with van der Waals surface area (Å²) in [5.74, 6) is 1.60. The van der Waals surface area contributed by atoms with E-state index in [1.54, 1.807) is 23.1 Å². The van der Waals surface area contributed by atoms with E-state index in [1.807, 2.05) is 0 Å². The zero-order chi connectivity index (χ0) is 22.0. The lowest BCUT2D eigenvalue weighted by molar-refractivity contribution is 0.303. The van der Waals surface area contributed by atoms with E-state index in [1.165, 1.54) is 33.3 Å². The number of anilines is 1. The molecular weight excluding hydrogens is 422 g/mol. The van der Waals surface area contributed by atoms with Crippen molar-refractivity contribution in [3.8, 4) is 0 Å². The van der Waals surface area contributed by atoms with Crippen LogP contribution in [0.3, 0.4) is 0 Å². The summed E-state index contributed by atoms with van der Waals surface area (Å²) in [7, 11) is 0. The second-order valence-corrected chi connectivity index (χ2v) is 10.6. The van der Waals surface area contributed by atoms with Gasteiger partial charge in [-0.2, -0.15) is 0 Å². The molecule has 0 unspecified atom stereocenters. The predicted molar refractivity (Wildman–Crippen MR) is 136 cm³/mol. The number of fused-ring (bicyclic) bond motifs is 5. The van der Waals surface area contributed by atoms with Crippen molar-refractivity contribution in [2.75, 3.05) is 37.8 Å². The van der Waals surface area contributed by atoms with E-state index in [0.29, 0.717) is 5.92 Å². The van der Waals surface area contributed by atoms with Crippen LogP contribution in [0.15, 0.2) is 5.16 Å². The van der Waals surface area contributed by atoms with Crippen molar-refractivity contribution in [3.63, 3.8) is 0 Å². The van der Waals surface area contributed by atoms with Crippen LogP contribution >= 0.6 is 23.1 Å². The van der Waals surface area contributed by atoms with Crippen LogP contribution in [0, 0.1) is 5.92 Å². The maximum Gasteiger partial charge on any atom is 0.189 e. The van der Waals surface area contributed by atoms with Crippen molar-refractivity contribution >= 4 is 49.3 Å². The number of aryl methyl sites for hydroxylation is 1. The van der Waals surface area contributed by atoms with Gasteiger partial charge in [0.1, 0.15) is 10.6 Å². The minimum atomic E-state index is 0.620. The van der Waals surface area contributed by atoms with Crippen molar-refractivity contribution < 1.29 is 0 Å². The third-order valence-electron chi connectivity index (χ3n) is 6.22. The lowest BCUT2D eigenvalue weighted by atomic mass is 9.99. The van der Waals surface area contributed by atoms with Crippen LogP contribution in [0.2, 0.25) is 0 Å². The molecule has 31 heavy (non-hydrogen) atoms. The Balaban J connectivity index is 1.73. The van der Waals surface area contributed by atoms with Crippen LogP contribution in [0.25, 0.3) is 20.4 Å². The Morgan fingerprint density at radius 1 is 1.10 bits per heavy atom. The number of nitrogens with one attached hydrogen (secondary N) is 1. The van der Waals surface area contributed by atoms with Gasteiger partial charge in [-0.05, 0) is 75.0 Å². The fourth-order valence-electron chi connectivity index (χ4n) is 4.64. The topological polar surface area (TPSA) is 53.9 Å². The number of nitrogens with zero attached hydrogens (tertiary/aromatic N) is 4. The molecule has 168 valence electrons. The number of thioether (sulfide) groups is 1. The molecule has 1 N–H and O–H groups in total. The van der Waals surface area contributed by atoms with E-state index in [9.17, 15) is 0 Å². The molecular formula is C24H35N5S2. The Kier molecular flexibility index (Phi) is 7.34. The highest BCUT2D eigenvalue weighted by atomic mass is 32.2. The predicted octanol–water partition coefficient (Wildman–Crippen LogP) is 5.79. The summed E-state index contributed by atoms with van der Waals surface area (Å²) in [6, 6.07) is 0. The maximum absolute atomic E-state index is 5.17. The van der Waals surface area contributed by atoms with E-state index in [4.69, 9.17) is 15.0 Å². The molecule has 0 saturated carbocycles. The number of aromatic nitrogens is 3. The first kappa shape index (κ1) is 22.7. The Hall–Kier alpha value is -1.44. The fraction of sp³-hybridized carbons (Fsp3) is 0.625. The SMILES string of the molecule is CCN(CC)CCCNc1nc(SC)nc2c1sc1nc(CC(C)C)c3c(c12)CCC3. The van der Waals surface area contributed by atoms with Gasteiger partial charge < -0.3 is 10.2 Å². The molecule has 5 nitrogen and oxygen atoms in total. The lowest BCUT2D eigenvalue weighted by Gasteiger charge is -2.17. The van der Waals surface area contributed by atoms with Crippen molar-refractivity contribution in [1.29, 1.82) is 0 Å². The molecule has 3 aromatic heterocycles. The van der Waals surface area contributed by atoms with Crippen LogP contribution in [0.4, 0.5) is 5.82 Å². The Morgan fingerprint density at radius 2 is 1.87 bits per heavy atom.